The standard InChI is InChI=1S/C18H16ClF3N6O/c1-10-5-14(28-17(26-10)24-9-25-28)11-3-2-4-27(8-11)16(29)12-6-15(19)23-7-13(12)18(20,21)22/h5-7,9,11H,2-4,8H2,1H3/t11-/m0/s1. The maximum absolute atomic E-state index is 13.4. The van der Waals surface area contributed by atoms with E-state index in [1.54, 1.807) is 4.52 Å². The fraction of sp³-hybridized carbons (Fsp3) is 0.389. The SMILES string of the molecule is Cc1cc([C@H]2CCCN(C(=O)c3cc(Cl)ncc3C(F)(F)F)C2)n2ncnc2n1. The minimum atomic E-state index is -4.70. The van der Waals surface area contributed by atoms with Crippen LogP contribution in [0.5, 0.6) is 0 Å². The van der Waals surface area contributed by atoms with Gasteiger partial charge in [-0.1, -0.05) is 11.6 Å². The molecule has 1 aliphatic heterocycles. The number of alkyl halides is 3. The number of halogens is 4. The lowest BCUT2D eigenvalue weighted by molar-refractivity contribution is -0.138. The van der Waals surface area contributed by atoms with Gasteiger partial charge in [0.15, 0.2) is 0 Å². The Hall–Kier alpha value is -2.75. The Morgan fingerprint density at radius 3 is 2.83 bits per heavy atom. The molecule has 0 N–H and O–H groups in total. The molecular formula is C18H16ClF3N6O. The van der Waals surface area contributed by atoms with Crippen LogP contribution in [-0.4, -0.2) is 48.5 Å². The molecule has 0 aromatic carbocycles. The van der Waals surface area contributed by atoms with Crippen molar-refractivity contribution in [1.29, 1.82) is 0 Å². The van der Waals surface area contributed by atoms with Crippen LogP contribution in [0.2, 0.25) is 5.15 Å². The number of nitrogens with zero attached hydrogens (tertiary/aromatic N) is 6. The number of pyridine rings is 1. The number of piperidine rings is 1. The third kappa shape index (κ3) is 3.76. The second-order valence-corrected chi connectivity index (χ2v) is 7.32. The minimum absolute atomic E-state index is 0.106. The molecule has 1 amide bonds. The van der Waals surface area contributed by atoms with Crippen LogP contribution in [0.1, 0.15) is 46.1 Å². The van der Waals surface area contributed by atoms with Crippen molar-refractivity contribution in [2.24, 2.45) is 0 Å². The second-order valence-electron chi connectivity index (χ2n) is 6.93. The first-order valence-electron chi connectivity index (χ1n) is 8.93. The number of aryl methyl sites for hydroxylation is 1. The van der Waals surface area contributed by atoms with Gasteiger partial charge < -0.3 is 4.90 Å². The van der Waals surface area contributed by atoms with Gasteiger partial charge in [-0.2, -0.15) is 23.3 Å². The quantitative estimate of drug-likeness (QED) is 0.588. The summed E-state index contributed by atoms with van der Waals surface area (Å²) in [6, 6.07) is 2.84. The van der Waals surface area contributed by atoms with Crippen LogP contribution in [-0.2, 0) is 6.18 Å². The van der Waals surface area contributed by atoms with Gasteiger partial charge in [-0.05, 0) is 31.9 Å². The van der Waals surface area contributed by atoms with E-state index in [0.717, 1.165) is 23.9 Å². The Kier molecular flexibility index (Phi) is 4.89. The van der Waals surface area contributed by atoms with E-state index in [-0.39, 0.29) is 17.6 Å². The molecule has 152 valence electrons. The van der Waals surface area contributed by atoms with Crippen molar-refractivity contribution >= 4 is 23.3 Å². The number of hydrogen-bond acceptors (Lipinski definition) is 5. The van der Waals surface area contributed by atoms with Crippen LogP contribution < -0.4 is 0 Å². The molecule has 11 heteroatoms. The predicted octanol–water partition coefficient (Wildman–Crippen LogP) is 3.52. The number of carbonyl (C=O) groups is 1. The van der Waals surface area contributed by atoms with E-state index < -0.39 is 23.2 Å². The number of fused-ring (bicyclic) bond motifs is 1. The van der Waals surface area contributed by atoms with Gasteiger partial charge in [0.1, 0.15) is 11.5 Å². The summed E-state index contributed by atoms with van der Waals surface area (Å²) < 4.78 is 41.7. The Balaban J connectivity index is 1.67. The smallest absolute Gasteiger partial charge is 0.338 e. The average Bonchev–Trinajstić information content (AvgIpc) is 3.14. The lowest BCUT2D eigenvalue weighted by Crippen LogP contribution is -2.40. The number of carbonyl (C=O) groups excluding carboxylic acids is 1. The Morgan fingerprint density at radius 2 is 2.07 bits per heavy atom. The van der Waals surface area contributed by atoms with Crippen LogP contribution in [0.15, 0.2) is 24.7 Å². The highest BCUT2D eigenvalue weighted by molar-refractivity contribution is 6.29. The summed E-state index contributed by atoms with van der Waals surface area (Å²) in [6.45, 7) is 2.45. The van der Waals surface area contributed by atoms with Crippen LogP contribution in [0.3, 0.4) is 0 Å². The molecule has 4 heterocycles. The van der Waals surface area contributed by atoms with E-state index in [1.807, 2.05) is 13.0 Å². The summed E-state index contributed by atoms with van der Waals surface area (Å²) in [6.07, 6.45) is -1.29. The molecule has 0 aliphatic carbocycles. The molecule has 1 aliphatic rings. The molecule has 29 heavy (non-hydrogen) atoms. The zero-order valence-corrected chi connectivity index (χ0v) is 16.1. The van der Waals surface area contributed by atoms with Gasteiger partial charge in [-0.15, -0.1) is 0 Å². The van der Waals surface area contributed by atoms with E-state index in [1.165, 1.54) is 11.2 Å². The molecule has 1 saturated heterocycles. The van der Waals surface area contributed by atoms with Crippen molar-refractivity contribution in [2.45, 2.75) is 31.9 Å². The first-order valence-corrected chi connectivity index (χ1v) is 9.31. The number of likely N-dealkylation sites (tertiary alicyclic amines) is 1. The lowest BCUT2D eigenvalue weighted by atomic mass is 9.93. The van der Waals surface area contributed by atoms with Crippen LogP contribution in [0.4, 0.5) is 13.2 Å². The highest BCUT2D eigenvalue weighted by atomic mass is 35.5. The van der Waals surface area contributed by atoms with E-state index in [2.05, 4.69) is 20.1 Å². The van der Waals surface area contributed by atoms with E-state index in [0.29, 0.717) is 24.9 Å². The van der Waals surface area contributed by atoms with E-state index in [9.17, 15) is 18.0 Å². The maximum atomic E-state index is 13.4. The predicted molar refractivity (Wildman–Crippen MR) is 97.6 cm³/mol. The van der Waals surface area contributed by atoms with Gasteiger partial charge in [-0.3, -0.25) is 4.79 Å². The summed E-state index contributed by atoms with van der Waals surface area (Å²) in [7, 11) is 0. The summed E-state index contributed by atoms with van der Waals surface area (Å²) in [5.41, 5.74) is -0.00191. The Bertz CT molecular complexity index is 1080. The van der Waals surface area contributed by atoms with Gasteiger partial charge in [-0.25, -0.2) is 14.5 Å². The first-order chi connectivity index (χ1) is 13.7. The summed E-state index contributed by atoms with van der Waals surface area (Å²) in [5, 5.41) is 4.02. The Labute approximate surface area is 168 Å². The number of rotatable bonds is 2. The van der Waals surface area contributed by atoms with Gasteiger partial charge in [0, 0.05) is 30.9 Å². The molecule has 0 saturated carbocycles. The van der Waals surface area contributed by atoms with Gasteiger partial charge in [0.25, 0.3) is 11.7 Å². The van der Waals surface area contributed by atoms with Crippen molar-refractivity contribution < 1.29 is 18.0 Å². The maximum Gasteiger partial charge on any atom is 0.418 e. The molecule has 0 bridgehead atoms. The Morgan fingerprint density at radius 1 is 1.28 bits per heavy atom. The van der Waals surface area contributed by atoms with Crippen molar-refractivity contribution in [1.82, 2.24) is 29.5 Å². The third-order valence-electron chi connectivity index (χ3n) is 4.94. The minimum Gasteiger partial charge on any atom is -0.338 e. The van der Waals surface area contributed by atoms with Gasteiger partial charge in [0.05, 0.1) is 16.8 Å². The number of amides is 1. The molecule has 3 aromatic heterocycles. The molecule has 7 nitrogen and oxygen atoms in total. The van der Waals surface area contributed by atoms with Crippen molar-refractivity contribution in [3.8, 4) is 0 Å². The summed E-state index contributed by atoms with van der Waals surface area (Å²) in [5.74, 6) is -0.374. The second kappa shape index (κ2) is 7.25. The first kappa shape index (κ1) is 19.6. The normalized spacial score (nSPS) is 17.7. The largest absolute Gasteiger partial charge is 0.418 e. The summed E-state index contributed by atoms with van der Waals surface area (Å²) >= 11 is 5.77. The highest BCUT2D eigenvalue weighted by Gasteiger charge is 2.38. The number of aromatic nitrogens is 5. The highest BCUT2D eigenvalue weighted by Crippen LogP contribution is 2.34. The van der Waals surface area contributed by atoms with Crippen LogP contribution >= 0.6 is 11.6 Å². The monoisotopic (exact) mass is 424 g/mol. The van der Waals surface area contributed by atoms with Crippen LogP contribution in [0, 0.1) is 6.92 Å². The summed E-state index contributed by atoms with van der Waals surface area (Å²) in [4.78, 5) is 26.3. The molecule has 0 spiro atoms. The fourth-order valence-electron chi connectivity index (χ4n) is 3.66. The van der Waals surface area contributed by atoms with Crippen LogP contribution in [0.25, 0.3) is 5.78 Å². The average molecular weight is 425 g/mol. The molecule has 1 fully saturated rings. The molecular weight excluding hydrogens is 409 g/mol. The number of hydrogen-bond donors (Lipinski definition) is 0. The van der Waals surface area contributed by atoms with Crippen molar-refractivity contribution in [3.63, 3.8) is 0 Å². The van der Waals surface area contributed by atoms with E-state index >= 15 is 0 Å². The van der Waals surface area contributed by atoms with Crippen molar-refractivity contribution in [2.75, 3.05) is 13.1 Å². The van der Waals surface area contributed by atoms with Gasteiger partial charge in [0.2, 0.25) is 0 Å². The molecule has 0 radical (unpaired) electrons. The van der Waals surface area contributed by atoms with E-state index in [4.69, 9.17) is 11.6 Å². The zero-order valence-electron chi connectivity index (χ0n) is 15.3. The van der Waals surface area contributed by atoms with Crippen molar-refractivity contribution in [3.05, 3.63) is 52.3 Å². The molecule has 0 unspecified atom stereocenters. The molecule has 4 rings (SSSR count). The zero-order chi connectivity index (χ0) is 20.8. The topological polar surface area (TPSA) is 76.3 Å². The third-order valence-corrected chi connectivity index (χ3v) is 5.15. The van der Waals surface area contributed by atoms with Gasteiger partial charge >= 0.3 is 6.18 Å². The molecule has 1 atom stereocenters. The fourth-order valence-corrected chi connectivity index (χ4v) is 3.81. The lowest BCUT2D eigenvalue weighted by Gasteiger charge is -2.33. The molecule has 3 aromatic rings.